The molecule has 5 nitrogen and oxygen atoms in total. The molecule has 1 aromatic carbocycles. The van der Waals surface area contributed by atoms with Crippen LogP contribution >= 0.6 is 11.3 Å². The van der Waals surface area contributed by atoms with Crippen molar-refractivity contribution in [1.29, 1.82) is 0 Å². The van der Waals surface area contributed by atoms with E-state index in [-0.39, 0.29) is 0 Å². The van der Waals surface area contributed by atoms with Crippen LogP contribution in [0.25, 0.3) is 0 Å². The number of thiophene rings is 1. The van der Waals surface area contributed by atoms with Crippen LogP contribution < -0.4 is 14.8 Å². The molecule has 1 atom stereocenters. The summed E-state index contributed by atoms with van der Waals surface area (Å²) in [5, 5.41) is 14.5. The van der Waals surface area contributed by atoms with Gasteiger partial charge in [0.05, 0.1) is 14.2 Å². The normalized spacial score (nSPS) is 11.9. The molecule has 2 aromatic rings. The topological polar surface area (TPSA) is 67.8 Å². The Balaban J connectivity index is 2.26. The van der Waals surface area contributed by atoms with E-state index in [1.807, 2.05) is 17.5 Å². The van der Waals surface area contributed by atoms with Gasteiger partial charge in [-0.15, -0.1) is 11.3 Å². The molecule has 6 heteroatoms. The first-order valence-electron chi connectivity index (χ1n) is 6.36. The third-order valence-electron chi connectivity index (χ3n) is 3.06. The summed E-state index contributed by atoms with van der Waals surface area (Å²) in [6.45, 7) is 0.481. The molecule has 2 rings (SSSR count). The minimum absolute atomic E-state index is 0.481. The lowest BCUT2D eigenvalue weighted by molar-refractivity contribution is -0.139. The number of carboxylic acid groups (broad SMARTS) is 1. The SMILES string of the molecule is COc1ccc(OC)c(C(NCc2cccs2)C(=O)O)c1. The van der Waals surface area contributed by atoms with Crippen molar-refractivity contribution in [2.45, 2.75) is 12.6 Å². The number of ether oxygens (including phenoxy) is 2. The van der Waals surface area contributed by atoms with Crippen LogP contribution in [0.2, 0.25) is 0 Å². The van der Waals surface area contributed by atoms with Gasteiger partial charge in [0.15, 0.2) is 0 Å². The van der Waals surface area contributed by atoms with Gasteiger partial charge in [0, 0.05) is 17.0 Å². The highest BCUT2D eigenvalue weighted by Gasteiger charge is 2.23. The minimum atomic E-state index is -0.960. The summed E-state index contributed by atoms with van der Waals surface area (Å²) >= 11 is 1.58. The van der Waals surface area contributed by atoms with Crippen molar-refractivity contribution in [3.05, 3.63) is 46.2 Å². The molecule has 0 saturated carbocycles. The molecular weight excluding hydrogens is 290 g/mol. The standard InChI is InChI=1S/C15H17NO4S/c1-19-10-5-6-13(20-2)12(8-10)14(15(17)18)16-9-11-4-3-7-21-11/h3-8,14,16H,9H2,1-2H3,(H,17,18). The molecule has 1 heterocycles. The number of hydrogen-bond acceptors (Lipinski definition) is 5. The highest BCUT2D eigenvalue weighted by atomic mass is 32.1. The fourth-order valence-corrected chi connectivity index (χ4v) is 2.67. The van der Waals surface area contributed by atoms with Crippen LogP contribution in [-0.4, -0.2) is 25.3 Å². The molecule has 0 aliphatic rings. The zero-order valence-electron chi connectivity index (χ0n) is 11.8. The smallest absolute Gasteiger partial charge is 0.325 e. The molecule has 0 aliphatic carbocycles. The third kappa shape index (κ3) is 3.74. The lowest BCUT2D eigenvalue weighted by Gasteiger charge is -2.18. The monoisotopic (exact) mass is 307 g/mol. The van der Waals surface area contributed by atoms with Crippen molar-refractivity contribution >= 4 is 17.3 Å². The largest absolute Gasteiger partial charge is 0.497 e. The molecule has 0 amide bonds. The Labute approximate surface area is 127 Å². The lowest BCUT2D eigenvalue weighted by Crippen LogP contribution is -2.28. The van der Waals surface area contributed by atoms with Crippen LogP contribution in [0.3, 0.4) is 0 Å². The summed E-state index contributed by atoms with van der Waals surface area (Å²) in [4.78, 5) is 12.6. The Morgan fingerprint density at radius 3 is 2.71 bits per heavy atom. The van der Waals surface area contributed by atoms with Gasteiger partial charge in [-0.25, -0.2) is 0 Å². The van der Waals surface area contributed by atoms with Gasteiger partial charge in [0.25, 0.3) is 0 Å². The Hall–Kier alpha value is -2.05. The van der Waals surface area contributed by atoms with Gasteiger partial charge in [0.2, 0.25) is 0 Å². The van der Waals surface area contributed by atoms with Gasteiger partial charge in [-0.05, 0) is 29.6 Å². The summed E-state index contributed by atoms with van der Waals surface area (Å²) in [5.41, 5.74) is 0.543. The van der Waals surface area contributed by atoms with E-state index in [1.54, 1.807) is 36.6 Å². The predicted octanol–water partition coefficient (Wildman–Crippen LogP) is 2.68. The number of methoxy groups -OCH3 is 2. The van der Waals surface area contributed by atoms with Gasteiger partial charge in [-0.3, -0.25) is 10.1 Å². The summed E-state index contributed by atoms with van der Waals surface area (Å²) in [6, 6.07) is 8.15. The first-order chi connectivity index (χ1) is 10.2. The first kappa shape index (κ1) is 15.3. The molecular formula is C15H17NO4S. The minimum Gasteiger partial charge on any atom is -0.497 e. The highest BCUT2D eigenvalue weighted by molar-refractivity contribution is 7.09. The average molecular weight is 307 g/mol. The van der Waals surface area contributed by atoms with Gasteiger partial charge in [-0.2, -0.15) is 0 Å². The molecule has 2 N–H and O–H groups in total. The predicted molar refractivity (Wildman–Crippen MR) is 81.1 cm³/mol. The molecule has 1 unspecified atom stereocenters. The molecule has 0 aliphatic heterocycles. The highest BCUT2D eigenvalue weighted by Crippen LogP contribution is 2.30. The Kier molecular flexibility index (Phi) is 5.19. The second-order valence-electron chi connectivity index (χ2n) is 4.34. The van der Waals surface area contributed by atoms with E-state index >= 15 is 0 Å². The van der Waals surface area contributed by atoms with Crippen molar-refractivity contribution < 1.29 is 19.4 Å². The van der Waals surface area contributed by atoms with E-state index in [4.69, 9.17) is 9.47 Å². The zero-order valence-corrected chi connectivity index (χ0v) is 12.6. The van der Waals surface area contributed by atoms with Crippen molar-refractivity contribution in [2.75, 3.05) is 14.2 Å². The maximum absolute atomic E-state index is 11.6. The molecule has 0 bridgehead atoms. The summed E-state index contributed by atoms with van der Waals surface area (Å²) < 4.78 is 10.4. The summed E-state index contributed by atoms with van der Waals surface area (Å²) in [7, 11) is 3.06. The number of carbonyl (C=O) groups is 1. The Bertz CT molecular complexity index is 598. The Morgan fingerprint density at radius 1 is 1.33 bits per heavy atom. The number of carboxylic acids is 1. The van der Waals surface area contributed by atoms with E-state index in [1.165, 1.54) is 7.11 Å². The Morgan fingerprint density at radius 2 is 2.14 bits per heavy atom. The lowest BCUT2D eigenvalue weighted by atomic mass is 10.1. The van der Waals surface area contributed by atoms with Crippen LogP contribution in [0.1, 0.15) is 16.5 Å². The first-order valence-corrected chi connectivity index (χ1v) is 7.24. The van der Waals surface area contributed by atoms with Crippen LogP contribution in [0.15, 0.2) is 35.7 Å². The van der Waals surface area contributed by atoms with E-state index in [0.717, 1.165) is 4.88 Å². The van der Waals surface area contributed by atoms with Crippen molar-refractivity contribution in [3.8, 4) is 11.5 Å². The van der Waals surface area contributed by atoms with Crippen LogP contribution in [0.4, 0.5) is 0 Å². The number of nitrogens with one attached hydrogen (secondary N) is 1. The van der Waals surface area contributed by atoms with Gasteiger partial charge in [0.1, 0.15) is 17.5 Å². The molecule has 1 aromatic heterocycles. The van der Waals surface area contributed by atoms with Crippen molar-refractivity contribution in [2.24, 2.45) is 0 Å². The molecule has 21 heavy (non-hydrogen) atoms. The van der Waals surface area contributed by atoms with E-state index in [9.17, 15) is 9.90 Å². The van der Waals surface area contributed by atoms with Crippen LogP contribution in [0.5, 0.6) is 11.5 Å². The molecule has 0 saturated heterocycles. The molecule has 112 valence electrons. The fourth-order valence-electron chi connectivity index (χ4n) is 2.01. The van der Waals surface area contributed by atoms with Crippen molar-refractivity contribution in [1.82, 2.24) is 5.32 Å². The third-order valence-corrected chi connectivity index (χ3v) is 3.93. The second kappa shape index (κ2) is 7.10. The second-order valence-corrected chi connectivity index (χ2v) is 5.37. The van der Waals surface area contributed by atoms with Gasteiger partial charge in [-0.1, -0.05) is 6.07 Å². The van der Waals surface area contributed by atoms with Gasteiger partial charge >= 0.3 is 5.97 Å². The van der Waals surface area contributed by atoms with E-state index in [0.29, 0.717) is 23.6 Å². The number of benzene rings is 1. The number of rotatable bonds is 7. The quantitative estimate of drug-likeness (QED) is 0.823. The van der Waals surface area contributed by atoms with Crippen LogP contribution in [-0.2, 0) is 11.3 Å². The maximum atomic E-state index is 11.6. The number of hydrogen-bond donors (Lipinski definition) is 2. The number of aliphatic carboxylic acids is 1. The molecule has 0 radical (unpaired) electrons. The zero-order chi connectivity index (χ0) is 15.2. The summed E-state index contributed by atoms with van der Waals surface area (Å²) in [6.07, 6.45) is 0. The van der Waals surface area contributed by atoms with Crippen molar-refractivity contribution in [3.63, 3.8) is 0 Å². The summed E-state index contributed by atoms with van der Waals surface area (Å²) in [5.74, 6) is 0.148. The van der Waals surface area contributed by atoms with Crippen LogP contribution in [0, 0.1) is 0 Å². The molecule has 0 fully saturated rings. The van der Waals surface area contributed by atoms with E-state index in [2.05, 4.69) is 5.32 Å². The molecule has 0 spiro atoms. The fraction of sp³-hybridized carbons (Fsp3) is 0.267. The van der Waals surface area contributed by atoms with E-state index < -0.39 is 12.0 Å². The average Bonchev–Trinajstić information content (AvgIpc) is 3.00. The maximum Gasteiger partial charge on any atom is 0.325 e. The van der Waals surface area contributed by atoms with Gasteiger partial charge < -0.3 is 14.6 Å².